The molecule has 2 rings (SSSR count). The summed E-state index contributed by atoms with van der Waals surface area (Å²) in [5, 5.41) is 17.9. The second kappa shape index (κ2) is 4.98. The average Bonchev–Trinajstić information content (AvgIpc) is 2.83. The molecule has 0 unspecified atom stereocenters. The molecule has 0 amide bonds. The summed E-state index contributed by atoms with van der Waals surface area (Å²) in [7, 11) is 0. The van der Waals surface area contributed by atoms with E-state index in [9.17, 15) is 18.0 Å². The van der Waals surface area contributed by atoms with Crippen molar-refractivity contribution in [1.82, 2.24) is 4.57 Å². The minimum Gasteiger partial charge on any atom is -0.478 e. The molecule has 0 aliphatic carbocycles. The lowest BCUT2D eigenvalue weighted by atomic mass is 10.1. The van der Waals surface area contributed by atoms with Gasteiger partial charge in [0, 0.05) is 12.4 Å². The number of alkyl halides is 3. The van der Waals surface area contributed by atoms with Crippen LogP contribution in [0, 0.1) is 18.3 Å². The summed E-state index contributed by atoms with van der Waals surface area (Å²) in [5.41, 5.74) is -0.972. The van der Waals surface area contributed by atoms with E-state index in [1.807, 2.05) is 6.07 Å². The molecule has 0 spiro atoms. The van der Waals surface area contributed by atoms with Gasteiger partial charge in [-0.05, 0) is 24.6 Å². The summed E-state index contributed by atoms with van der Waals surface area (Å²) in [4.78, 5) is 10.9. The Labute approximate surface area is 117 Å². The number of halogens is 3. The third-order valence-corrected chi connectivity index (χ3v) is 2.91. The van der Waals surface area contributed by atoms with Crippen molar-refractivity contribution in [3.8, 4) is 11.8 Å². The maximum absolute atomic E-state index is 12.8. The van der Waals surface area contributed by atoms with Crippen molar-refractivity contribution in [3.05, 3.63) is 52.8 Å². The first-order valence-electron chi connectivity index (χ1n) is 5.77. The highest BCUT2D eigenvalue weighted by molar-refractivity contribution is 5.89. The monoisotopic (exact) mass is 294 g/mol. The van der Waals surface area contributed by atoms with Gasteiger partial charge in [0.15, 0.2) is 0 Å². The number of aryl methyl sites for hydroxylation is 1. The van der Waals surface area contributed by atoms with Crippen molar-refractivity contribution in [2.45, 2.75) is 13.1 Å². The molecule has 0 atom stereocenters. The number of rotatable bonds is 2. The Morgan fingerprint density at radius 3 is 2.48 bits per heavy atom. The highest BCUT2D eigenvalue weighted by Crippen LogP contribution is 2.34. The molecule has 0 aliphatic rings. The minimum absolute atomic E-state index is 0.163. The largest absolute Gasteiger partial charge is 0.478 e. The van der Waals surface area contributed by atoms with Crippen LogP contribution in [0.1, 0.15) is 27.0 Å². The number of aromatic nitrogens is 1. The first-order valence-corrected chi connectivity index (χ1v) is 5.77. The van der Waals surface area contributed by atoms with Gasteiger partial charge in [0.05, 0.1) is 22.4 Å². The second-order valence-electron chi connectivity index (χ2n) is 4.43. The molecule has 4 nitrogen and oxygen atoms in total. The molecule has 0 bridgehead atoms. The lowest BCUT2D eigenvalue weighted by Gasteiger charge is -2.06. The topological polar surface area (TPSA) is 66.0 Å². The van der Waals surface area contributed by atoms with Gasteiger partial charge in [-0.2, -0.15) is 18.4 Å². The maximum atomic E-state index is 12.8. The maximum Gasteiger partial charge on any atom is 0.418 e. The summed E-state index contributed by atoms with van der Waals surface area (Å²) >= 11 is 0. The number of carboxylic acid groups (broad SMARTS) is 1. The van der Waals surface area contributed by atoms with Crippen molar-refractivity contribution in [2.24, 2.45) is 0 Å². The molecule has 1 heterocycles. The lowest BCUT2D eigenvalue weighted by Crippen LogP contribution is -2.09. The average molecular weight is 294 g/mol. The zero-order chi connectivity index (χ0) is 15.8. The Balaban J connectivity index is 2.67. The van der Waals surface area contributed by atoms with Gasteiger partial charge in [-0.3, -0.25) is 0 Å². The van der Waals surface area contributed by atoms with Gasteiger partial charge < -0.3 is 9.67 Å². The highest BCUT2D eigenvalue weighted by atomic mass is 19.4. The third kappa shape index (κ3) is 2.74. The van der Waals surface area contributed by atoms with E-state index in [2.05, 4.69) is 0 Å². The second-order valence-corrected chi connectivity index (χ2v) is 4.43. The Kier molecular flexibility index (Phi) is 3.47. The van der Waals surface area contributed by atoms with E-state index in [1.54, 1.807) is 13.0 Å². The zero-order valence-corrected chi connectivity index (χ0v) is 10.8. The first-order chi connectivity index (χ1) is 9.74. The molecule has 1 aromatic heterocycles. The van der Waals surface area contributed by atoms with E-state index in [4.69, 9.17) is 10.4 Å². The standard InChI is InChI=1S/C14H9F3N2O2/c1-8-2-3-12(9(4-8)5-18)19-6-10(13(20)21)11(7-19)14(15,16)17/h2-4,6-7H,1H3,(H,20,21). The Bertz CT molecular complexity index is 755. The summed E-state index contributed by atoms with van der Waals surface area (Å²) in [6.07, 6.45) is -3.25. The molecule has 21 heavy (non-hydrogen) atoms. The van der Waals surface area contributed by atoms with Gasteiger partial charge in [0.25, 0.3) is 0 Å². The van der Waals surface area contributed by atoms with Crippen LogP contribution >= 0.6 is 0 Å². The molecule has 7 heteroatoms. The quantitative estimate of drug-likeness (QED) is 0.923. The first kappa shape index (κ1) is 14.7. The molecule has 0 saturated heterocycles. The lowest BCUT2D eigenvalue weighted by molar-refractivity contribution is -0.138. The molecule has 108 valence electrons. The van der Waals surface area contributed by atoms with Crippen molar-refractivity contribution in [2.75, 3.05) is 0 Å². The predicted molar refractivity (Wildman–Crippen MR) is 67.2 cm³/mol. The number of aromatic carboxylic acids is 1. The van der Waals surface area contributed by atoms with Crippen molar-refractivity contribution in [1.29, 1.82) is 5.26 Å². The number of nitrogens with zero attached hydrogens (tertiary/aromatic N) is 2. The number of nitriles is 1. The molecule has 0 saturated carbocycles. The number of benzene rings is 1. The summed E-state index contributed by atoms with van der Waals surface area (Å²) < 4.78 is 39.5. The summed E-state index contributed by atoms with van der Waals surface area (Å²) in [6, 6.07) is 6.50. The summed E-state index contributed by atoms with van der Waals surface area (Å²) in [6.45, 7) is 1.74. The summed E-state index contributed by atoms with van der Waals surface area (Å²) in [5.74, 6) is -1.67. The van der Waals surface area contributed by atoms with E-state index in [-0.39, 0.29) is 11.3 Å². The van der Waals surface area contributed by atoms with E-state index in [0.29, 0.717) is 6.20 Å². The van der Waals surface area contributed by atoms with Crippen LogP contribution in [-0.2, 0) is 6.18 Å². The molecule has 1 N–H and O–H groups in total. The van der Waals surface area contributed by atoms with Crippen LogP contribution in [0.25, 0.3) is 5.69 Å². The minimum atomic E-state index is -4.78. The molecule has 0 aliphatic heterocycles. The zero-order valence-electron chi connectivity index (χ0n) is 10.8. The molecular formula is C14H9F3N2O2. The van der Waals surface area contributed by atoms with Crippen LogP contribution in [-0.4, -0.2) is 15.6 Å². The molecule has 0 fully saturated rings. The van der Waals surface area contributed by atoms with Crippen LogP contribution in [0.2, 0.25) is 0 Å². The Morgan fingerprint density at radius 1 is 1.33 bits per heavy atom. The third-order valence-electron chi connectivity index (χ3n) is 2.91. The van der Waals surface area contributed by atoms with E-state index < -0.39 is 23.3 Å². The van der Waals surface area contributed by atoms with Crippen LogP contribution in [0.3, 0.4) is 0 Å². The van der Waals surface area contributed by atoms with Crippen molar-refractivity contribution in [3.63, 3.8) is 0 Å². The normalized spacial score (nSPS) is 11.2. The van der Waals surface area contributed by atoms with Crippen LogP contribution in [0.4, 0.5) is 13.2 Å². The number of hydrogen-bond donors (Lipinski definition) is 1. The fraction of sp³-hybridized carbons (Fsp3) is 0.143. The highest BCUT2D eigenvalue weighted by Gasteiger charge is 2.37. The van der Waals surface area contributed by atoms with E-state index in [1.165, 1.54) is 12.1 Å². The van der Waals surface area contributed by atoms with Gasteiger partial charge in [0.2, 0.25) is 0 Å². The number of carboxylic acids is 1. The fourth-order valence-corrected chi connectivity index (χ4v) is 1.95. The van der Waals surface area contributed by atoms with Gasteiger partial charge in [-0.25, -0.2) is 4.79 Å². The van der Waals surface area contributed by atoms with Crippen molar-refractivity contribution >= 4 is 5.97 Å². The van der Waals surface area contributed by atoms with Gasteiger partial charge >= 0.3 is 12.1 Å². The van der Waals surface area contributed by atoms with E-state index >= 15 is 0 Å². The molecule has 1 aromatic carbocycles. The van der Waals surface area contributed by atoms with Crippen LogP contribution < -0.4 is 0 Å². The predicted octanol–water partition coefficient (Wildman–Crippen LogP) is 3.37. The van der Waals surface area contributed by atoms with Crippen LogP contribution in [0.15, 0.2) is 30.6 Å². The SMILES string of the molecule is Cc1ccc(-n2cc(C(=O)O)c(C(F)(F)F)c2)c(C#N)c1. The fourth-order valence-electron chi connectivity index (χ4n) is 1.95. The number of hydrogen-bond acceptors (Lipinski definition) is 2. The van der Waals surface area contributed by atoms with Gasteiger partial charge in [-0.1, -0.05) is 6.07 Å². The van der Waals surface area contributed by atoms with E-state index in [0.717, 1.165) is 16.3 Å². The smallest absolute Gasteiger partial charge is 0.418 e. The van der Waals surface area contributed by atoms with Crippen LogP contribution in [0.5, 0.6) is 0 Å². The van der Waals surface area contributed by atoms with Gasteiger partial charge in [-0.15, -0.1) is 0 Å². The Morgan fingerprint density at radius 2 is 2.00 bits per heavy atom. The van der Waals surface area contributed by atoms with Gasteiger partial charge in [0.1, 0.15) is 6.07 Å². The number of carbonyl (C=O) groups is 1. The molecule has 0 radical (unpaired) electrons. The van der Waals surface area contributed by atoms with Crippen molar-refractivity contribution < 1.29 is 23.1 Å². The molecule has 2 aromatic rings. The molecular weight excluding hydrogens is 285 g/mol. The Hall–Kier alpha value is -2.75.